The van der Waals surface area contributed by atoms with E-state index in [9.17, 15) is 19.5 Å². The van der Waals surface area contributed by atoms with Crippen LogP contribution in [-0.4, -0.2) is 53.7 Å². The number of carboxylic acid groups (broad SMARTS) is 1. The van der Waals surface area contributed by atoms with Crippen LogP contribution in [0.15, 0.2) is 48.5 Å². The first-order valence-electron chi connectivity index (χ1n) is 11.5. The fourth-order valence-electron chi connectivity index (χ4n) is 5.00. The van der Waals surface area contributed by atoms with Crippen LogP contribution in [0.2, 0.25) is 0 Å². The average Bonchev–Trinajstić information content (AvgIpc) is 3.34. The van der Waals surface area contributed by atoms with Crippen molar-refractivity contribution in [2.24, 2.45) is 11.8 Å². The first-order chi connectivity index (χ1) is 15.9. The van der Waals surface area contributed by atoms with Crippen LogP contribution in [0.3, 0.4) is 0 Å². The standard InChI is InChI=1S/C26H30N2O5/c1-16(13-23(29)28-12-11-17(2)24(28)25(30)31)14-27-26(32)33-15-22-20-9-5-3-7-18(20)19-8-4-6-10-21(19)22/h3-10,16-17,22,24H,11-15H2,1-2H3,(H,27,32)(H,30,31). The normalized spacial score (nSPS) is 20.1. The molecule has 4 rings (SSSR count). The maximum absolute atomic E-state index is 12.6. The second kappa shape index (κ2) is 9.65. The Labute approximate surface area is 193 Å². The molecule has 2 aliphatic rings. The number of amides is 2. The molecule has 1 heterocycles. The summed E-state index contributed by atoms with van der Waals surface area (Å²) in [5, 5.41) is 12.2. The van der Waals surface area contributed by atoms with Gasteiger partial charge >= 0.3 is 12.1 Å². The number of hydrogen-bond donors (Lipinski definition) is 2. The number of carbonyl (C=O) groups excluding carboxylic acids is 2. The van der Waals surface area contributed by atoms with E-state index < -0.39 is 18.1 Å². The number of rotatable bonds is 7. The molecule has 1 aliphatic carbocycles. The van der Waals surface area contributed by atoms with E-state index in [1.54, 1.807) is 0 Å². The molecule has 2 aromatic carbocycles. The van der Waals surface area contributed by atoms with Crippen LogP contribution in [0.4, 0.5) is 4.79 Å². The van der Waals surface area contributed by atoms with Crippen molar-refractivity contribution in [3.8, 4) is 11.1 Å². The van der Waals surface area contributed by atoms with Crippen molar-refractivity contribution in [2.75, 3.05) is 19.7 Å². The Morgan fingerprint density at radius 1 is 1.09 bits per heavy atom. The van der Waals surface area contributed by atoms with E-state index in [0.29, 0.717) is 13.0 Å². The smallest absolute Gasteiger partial charge is 0.407 e. The number of benzene rings is 2. The minimum absolute atomic E-state index is 0.00717. The molecule has 0 aromatic heterocycles. The zero-order valence-electron chi connectivity index (χ0n) is 19.0. The highest BCUT2D eigenvalue weighted by atomic mass is 16.5. The molecule has 33 heavy (non-hydrogen) atoms. The van der Waals surface area contributed by atoms with E-state index in [-0.39, 0.29) is 43.2 Å². The molecule has 0 radical (unpaired) electrons. The minimum Gasteiger partial charge on any atom is -0.480 e. The molecule has 0 saturated carbocycles. The SMILES string of the molecule is CC(CNC(=O)OCC1c2ccccc2-c2ccccc21)CC(=O)N1CCC(C)C1C(=O)O. The highest BCUT2D eigenvalue weighted by molar-refractivity contribution is 5.84. The second-order valence-corrected chi connectivity index (χ2v) is 9.15. The molecule has 174 valence electrons. The number of aliphatic carboxylic acids is 1. The molecule has 1 fully saturated rings. The predicted octanol–water partition coefficient (Wildman–Crippen LogP) is 3.87. The Kier molecular flexibility index (Phi) is 6.67. The number of ether oxygens (including phenoxy) is 1. The van der Waals surface area contributed by atoms with Gasteiger partial charge in [0.05, 0.1) is 0 Å². The zero-order chi connectivity index (χ0) is 23.5. The third-order valence-corrected chi connectivity index (χ3v) is 6.74. The first-order valence-corrected chi connectivity index (χ1v) is 11.5. The maximum atomic E-state index is 12.6. The third-order valence-electron chi connectivity index (χ3n) is 6.74. The third kappa shape index (κ3) is 4.72. The Balaban J connectivity index is 1.27. The number of nitrogens with one attached hydrogen (secondary N) is 1. The van der Waals surface area contributed by atoms with Crippen LogP contribution in [0.5, 0.6) is 0 Å². The van der Waals surface area contributed by atoms with Gasteiger partial charge < -0.3 is 20.1 Å². The number of carboxylic acids is 1. The molecule has 2 amide bonds. The molecule has 7 heteroatoms. The summed E-state index contributed by atoms with van der Waals surface area (Å²) in [5.41, 5.74) is 4.65. The van der Waals surface area contributed by atoms with Gasteiger partial charge in [-0.15, -0.1) is 0 Å². The summed E-state index contributed by atoms with van der Waals surface area (Å²) in [6.45, 7) is 4.69. The number of fused-ring (bicyclic) bond motifs is 3. The van der Waals surface area contributed by atoms with Gasteiger partial charge in [0.2, 0.25) is 5.91 Å². The van der Waals surface area contributed by atoms with Gasteiger partial charge in [-0.3, -0.25) is 4.79 Å². The maximum Gasteiger partial charge on any atom is 0.407 e. The number of hydrogen-bond acceptors (Lipinski definition) is 4. The van der Waals surface area contributed by atoms with Gasteiger partial charge in [-0.1, -0.05) is 62.4 Å². The fourth-order valence-corrected chi connectivity index (χ4v) is 5.00. The summed E-state index contributed by atoms with van der Waals surface area (Å²) < 4.78 is 5.53. The lowest BCUT2D eigenvalue weighted by molar-refractivity contribution is -0.149. The van der Waals surface area contributed by atoms with Crippen LogP contribution in [-0.2, 0) is 14.3 Å². The number of nitrogens with zero attached hydrogens (tertiary/aromatic N) is 1. The van der Waals surface area contributed by atoms with Gasteiger partial charge in [0, 0.05) is 25.4 Å². The average molecular weight is 451 g/mol. The quantitative estimate of drug-likeness (QED) is 0.668. The van der Waals surface area contributed by atoms with Crippen molar-refractivity contribution in [3.63, 3.8) is 0 Å². The molecule has 3 unspecified atom stereocenters. The van der Waals surface area contributed by atoms with Crippen LogP contribution in [0, 0.1) is 11.8 Å². The van der Waals surface area contributed by atoms with Crippen molar-refractivity contribution in [3.05, 3.63) is 59.7 Å². The van der Waals surface area contributed by atoms with Crippen molar-refractivity contribution < 1.29 is 24.2 Å². The Hall–Kier alpha value is -3.35. The van der Waals surface area contributed by atoms with Gasteiger partial charge in [-0.2, -0.15) is 0 Å². The molecule has 7 nitrogen and oxygen atoms in total. The summed E-state index contributed by atoms with van der Waals surface area (Å²) in [7, 11) is 0. The number of likely N-dealkylation sites (tertiary alicyclic amines) is 1. The van der Waals surface area contributed by atoms with Crippen LogP contribution >= 0.6 is 0 Å². The van der Waals surface area contributed by atoms with Gasteiger partial charge in [0.25, 0.3) is 0 Å². The van der Waals surface area contributed by atoms with Crippen molar-refractivity contribution in [2.45, 2.75) is 38.6 Å². The van der Waals surface area contributed by atoms with Crippen LogP contribution in [0.25, 0.3) is 11.1 Å². The Bertz CT molecular complexity index is 1010. The van der Waals surface area contributed by atoms with E-state index in [4.69, 9.17) is 4.74 Å². The molecule has 1 saturated heterocycles. The van der Waals surface area contributed by atoms with Crippen molar-refractivity contribution in [1.82, 2.24) is 10.2 Å². The van der Waals surface area contributed by atoms with E-state index in [2.05, 4.69) is 29.6 Å². The summed E-state index contributed by atoms with van der Waals surface area (Å²) in [6.07, 6.45) is 0.351. The lowest BCUT2D eigenvalue weighted by atomic mass is 9.98. The lowest BCUT2D eigenvalue weighted by Crippen LogP contribution is -2.43. The van der Waals surface area contributed by atoms with E-state index in [0.717, 1.165) is 11.1 Å². The molecule has 0 bridgehead atoms. The van der Waals surface area contributed by atoms with Crippen molar-refractivity contribution >= 4 is 18.0 Å². The molecule has 3 atom stereocenters. The molecule has 2 N–H and O–H groups in total. The van der Waals surface area contributed by atoms with Gasteiger partial charge in [-0.25, -0.2) is 9.59 Å². The highest BCUT2D eigenvalue weighted by Crippen LogP contribution is 2.44. The van der Waals surface area contributed by atoms with E-state index >= 15 is 0 Å². The summed E-state index contributed by atoms with van der Waals surface area (Å²) in [4.78, 5) is 37.9. The largest absolute Gasteiger partial charge is 0.480 e. The molecule has 1 aliphatic heterocycles. The Morgan fingerprint density at radius 3 is 2.30 bits per heavy atom. The van der Waals surface area contributed by atoms with Crippen molar-refractivity contribution in [1.29, 1.82) is 0 Å². The van der Waals surface area contributed by atoms with E-state index in [1.807, 2.05) is 38.1 Å². The predicted molar refractivity (Wildman–Crippen MR) is 124 cm³/mol. The van der Waals surface area contributed by atoms with Crippen LogP contribution in [0.1, 0.15) is 43.7 Å². The minimum atomic E-state index is -0.960. The van der Waals surface area contributed by atoms with Gasteiger partial charge in [0.15, 0.2) is 0 Å². The Morgan fingerprint density at radius 2 is 1.70 bits per heavy atom. The first kappa shape index (κ1) is 22.8. The molecular formula is C26H30N2O5. The summed E-state index contributed by atoms with van der Waals surface area (Å²) >= 11 is 0. The highest BCUT2D eigenvalue weighted by Gasteiger charge is 2.39. The summed E-state index contributed by atoms with van der Waals surface area (Å²) in [6, 6.07) is 15.5. The number of carbonyl (C=O) groups is 3. The monoisotopic (exact) mass is 450 g/mol. The molecule has 0 spiro atoms. The fraction of sp³-hybridized carbons (Fsp3) is 0.423. The topological polar surface area (TPSA) is 95.9 Å². The molecule has 2 aromatic rings. The second-order valence-electron chi connectivity index (χ2n) is 9.15. The zero-order valence-corrected chi connectivity index (χ0v) is 19.0. The van der Waals surface area contributed by atoms with Gasteiger partial charge in [0.1, 0.15) is 12.6 Å². The van der Waals surface area contributed by atoms with Crippen LogP contribution < -0.4 is 5.32 Å². The molecular weight excluding hydrogens is 420 g/mol. The van der Waals surface area contributed by atoms with E-state index in [1.165, 1.54) is 16.0 Å². The van der Waals surface area contributed by atoms with Gasteiger partial charge in [-0.05, 0) is 40.5 Å². The summed E-state index contributed by atoms with van der Waals surface area (Å²) in [5.74, 6) is -1.34. The number of alkyl carbamates (subject to hydrolysis) is 1. The lowest BCUT2D eigenvalue weighted by Gasteiger charge is -2.25.